The number of hydrogen-bond donors (Lipinski definition) is 1. The minimum Gasteiger partial charge on any atom is -0.306 e. The predicted molar refractivity (Wildman–Crippen MR) is 62.9 cm³/mol. The smallest absolute Gasteiger partial charge is 0.124 e. The molecule has 0 saturated carbocycles. The molecule has 4 heteroatoms. The SMILES string of the molecule is CCN(C)CCc1n[nH]c2ccc(F)cc12. The number of rotatable bonds is 4. The average Bonchev–Trinajstić information content (AvgIpc) is 2.68. The highest BCUT2D eigenvalue weighted by Gasteiger charge is 2.07. The van der Waals surface area contributed by atoms with E-state index in [-0.39, 0.29) is 5.82 Å². The van der Waals surface area contributed by atoms with Crippen LogP contribution in [0.5, 0.6) is 0 Å². The number of benzene rings is 1. The molecule has 2 aromatic rings. The molecule has 3 nitrogen and oxygen atoms in total. The number of aromatic nitrogens is 2. The van der Waals surface area contributed by atoms with Crippen molar-refractivity contribution in [3.05, 3.63) is 29.7 Å². The van der Waals surface area contributed by atoms with Crippen LogP contribution < -0.4 is 0 Å². The van der Waals surface area contributed by atoms with E-state index in [1.807, 2.05) is 0 Å². The molecule has 86 valence electrons. The van der Waals surface area contributed by atoms with Crippen molar-refractivity contribution in [1.29, 1.82) is 0 Å². The second-order valence-corrected chi connectivity index (χ2v) is 4.01. The summed E-state index contributed by atoms with van der Waals surface area (Å²) in [6.07, 6.45) is 0.841. The molecule has 0 aliphatic rings. The first-order valence-electron chi connectivity index (χ1n) is 5.51. The lowest BCUT2D eigenvalue weighted by atomic mass is 10.1. The van der Waals surface area contributed by atoms with Crippen LogP contribution in [-0.2, 0) is 6.42 Å². The van der Waals surface area contributed by atoms with Gasteiger partial charge in [0.1, 0.15) is 5.82 Å². The number of fused-ring (bicyclic) bond motifs is 1. The van der Waals surface area contributed by atoms with Gasteiger partial charge in [0.15, 0.2) is 0 Å². The average molecular weight is 221 g/mol. The van der Waals surface area contributed by atoms with Crippen LogP contribution in [0.3, 0.4) is 0 Å². The van der Waals surface area contributed by atoms with Gasteiger partial charge in [-0.1, -0.05) is 6.92 Å². The van der Waals surface area contributed by atoms with Crippen molar-refractivity contribution in [3.63, 3.8) is 0 Å². The fraction of sp³-hybridized carbons (Fsp3) is 0.417. The molecule has 1 heterocycles. The van der Waals surface area contributed by atoms with E-state index < -0.39 is 0 Å². The fourth-order valence-electron chi connectivity index (χ4n) is 1.69. The van der Waals surface area contributed by atoms with Gasteiger partial charge in [-0.2, -0.15) is 5.10 Å². The van der Waals surface area contributed by atoms with Gasteiger partial charge in [0.05, 0.1) is 11.2 Å². The third-order valence-corrected chi connectivity index (χ3v) is 2.87. The van der Waals surface area contributed by atoms with Crippen molar-refractivity contribution >= 4 is 10.9 Å². The van der Waals surface area contributed by atoms with Gasteiger partial charge < -0.3 is 4.90 Å². The Morgan fingerprint density at radius 1 is 1.44 bits per heavy atom. The maximum atomic E-state index is 13.1. The van der Waals surface area contributed by atoms with Crippen LogP contribution in [0, 0.1) is 5.82 Å². The Bertz CT molecular complexity index is 478. The largest absolute Gasteiger partial charge is 0.306 e. The van der Waals surface area contributed by atoms with E-state index in [2.05, 4.69) is 29.1 Å². The van der Waals surface area contributed by atoms with Gasteiger partial charge in [0, 0.05) is 18.4 Å². The van der Waals surface area contributed by atoms with E-state index in [0.29, 0.717) is 0 Å². The van der Waals surface area contributed by atoms with Gasteiger partial charge in [0.25, 0.3) is 0 Å². The maximum Gasteiger partial charge on any atom is 0.124 e. The van der Waals surface area contributed by atoms with Crippen molar-refractivity contribution < 1.29 is 4.39 Å². The summed E-state index contributed by atoms with van der Waals surface area (Å²) < 4.78 is 13.1. The van der Waals surface area contributed by atoms with Crippen molar-refractivity contribution in [1.82, 2.24) is 15.1 Å². The number of H-pyrrole nitrogens is 1. The molecule has 0 radical (unpaired) electrons. The molecule has 0 amide bonds. The number of nitrogens with zero attached hydrogens (tertiary/aromatic N) is 2. The second-order valence-electron chi connectivity index (χ2n) is 4.01. The topological polar surface area (TPSA) is 31.9 Å². The first-order valence-corrected chi connectivity index (χ1v) is 5.51. The molecular formula is C12H16FN3. The highest BCUT2D eigenvalue weighted by molar-refractivity contribution is 5.81. The second kappa shape index (κ2) is 4.61. The molecule has 0 fully saturated rings. The summed E-state index contributed by atoms with van der Waals surface area (Å²) in [6.45, 7) is 4.06. The van der Waals surface area contributed by atoms with E-state index in [9.17, 15) is 4.39 Å². The predicted octanol–water partition coefficient (Wildman–Crippen LogP) is 2.20. The molecule has 2 rings (SSSR count). The molecule has 1 N–H and O–H groups in total. The molecule has 0 atom stereocenters. The molecular weight excluding hydrogens is 205 g/mol. The molecule has 0 aliphatic carbocycles. The highest BCUT2D eigenvalue weighted by Crippen LogP contribution is 2.17. The Kier molecular flexibility index (Phi) is 3.19. The van der Waals surface area contributed by atoms with E-state index in [0.717, 1.165) is 36.1 Å². The van der Waals surface area contributed by atoms with Crippen molar-refractivity contribution in [2.24, 2.45) is 0 Å². The summed E-state index contributed by atoms with van der Waals surface area (Å²) in [4.78, 5) is 2.21. The van der Waals surface area contributed by atoms with E-state index in [1.54, 1.807) is 12.1 Å². The summed E-state index contributed by atoms with van der Waals surface area (Å²) in [5, 5.41) is 8.04. The van der Waals surface area contributed by atoms with Crippen LogP contribution in [-0.4, -0.2) is 35.2 Å². The molecule has 0 aliphatic heterocycles. The van der Waals surface area contributed by atoms with Gasteiger partial charge in [0.2, 0.25) is 0 Å². The maximum absolute atomic E-state index is 13.1. The van der Waals surface area contributed by atoms with Gasteiger partial charge in [-0.25, -0.2) is 4.39 Å². The third kappa shape index (κ3) is 2.22. The molecule has 16 heavy (non-hydrogen) atoms. The summed E-state index contributed by atoms with van der Waals surface area (Å²) in [5.41, 5.74) is 1.84. The Morgan fingerprint density at radius 3 is 3.00 bits per heavy atom. The Balaban J connectivity index is 2.21. The molecule has 0 unspecified atom stereocenters. The zero-order valence-electron chi connectivity index (χ0n) is 9.63. The van der Waals surface area contributed by atoms with Gasteiger partial charge in [-0.15, -0.1) is 0 Å². The molecule has 1 aromatic heterocycles. The van der Waals surface area contributed by atoms with E-state index in [1.165, 1.54) is 6.07 Å². The lowest BCUT2D eigenvalue weighted by Gasteiger charge is -2.12. The van der Waals surface area contributed by atoms with Crippen molar-refractivity contribution in [2.75, 3.05) is 20.1 Å². The van der Waals surface area contributed by atoms with Crippen LogP contribution >= 0.6 is 0 Å². The standard InChI is InChI=1S/C12H16FN3/c1-3-16(2)7-6-12-10-8-9(13)4-5-11(10)14-15-12/h4-5,8H,3,6-7H2,1-2H3,(H,14,15). The normalized spacial score (nSPS) is 11.5. The zero-order chi connectivity index (χ0) is 11.5. The zero-order valence-corrected chi connectivity index (χ0v) is 9.63. The summed E-state index contributed by atoms with van der Waals surface area (Å²) in [7, 11) is 2.06. The Morgan fingerprint density at radius 2 is 2.25 bits per heavy atom. The van der Waals surface area contributed by atoms with Crippen LogP contribution in [0.25, 0.3) is 10.9 Å². The lowest BCUT2D eigenvalue weighted by Crippen LogP contribution is -2.20. The molecule has 1 aromatic carbocycles. The van der Waals surface area contributed by atoms with Crippen molar-refractivity contribution in [2.45, 2.75) is 13.3 Å². The fourth-order valence-corrected chi connectivity index (χ4v) is 1.69. The van der Waals surface area contributed by atoms with Crippen molar-refractivity contribution in [3.8, 4) is 0 Å². The molecule has 0 saturated heterocycles. The van der Waals surface area contributed by atoms with Gasteiger partial charge in [-0.3, -0.25) is 5.10 Å². The minimum absolute atomic E-state index is 0.209. The van der Waals surface area contributed by atoms with Gasteiger partial charge >= 0.3 is 0 Å². The number of likely N-dealkylation sites (N-methyl/N-ethyl adjacent to an activating group) is 1. The number of nitrogens with one attached hydrogen (secondary N) is 1. The third-order valence-electron chi connectivity index (χ3n) is 2.87. The number of hydrogen-bond acceptors (Lipinski definition) is 2. The summed E-state index contributed by atoms with van der Waals surface area (Å²) in [6, 6.07) is 4.72. The Hall–Kier alpha value is -1.42. The van der Waals surface area contributed by atoms with Crippen LogP contribution in [0.1, 0.15) is 12.6 Å². The highest BCUT2D eigenvalue weighted by atomic mass is 19.1. The molecule has 0 bridgehead atoms. The van der Waals surface area contributed by atoms with Crippen LogP contribution in [0.4, 0.5) is 4.39 Å². The monoisotopic (exact) mass is 221 g/mol. The van der Waals surface area contributed by atoms with E-state index >= 15 is 0 Å². The first kappa shape index (κ1) is 11.1. The Labute approximate surface area is 94.3 Å². The van der Waals surface area contributed by atoms with Crippen LogP contribution in [0.15, 0.2) is 18.2 Å². The lowest BCUT2D eigenvalue weighted by molar-refractivity contribution is 0.356. The van der Waals surface area contributed by atoms with Crippen LogP contribution in [0.2, 0.25) is 0 Å². The number of aromatic amines is 1. The van der Waals surface area contributed by atoms with Gasteiger partial charge in [-0.05, 0) is 31.8 Å². The molecule has 0 spiro atoms. The quantitative estimate of drug-likeness (QED) is 0.858. The first-order chi connectivity index (χ1) is 7.70. The van der Waals surface area contributed by atoms with E-state index in [4.69, 9.17) is 0 Å². The minimum atomic E-state index is -0.209. The summed E-state index contributed by atoms with van der Waals surface area (Å²) in [5.74, 6) is -0.209. The number of halogens is 1. The summed E-state index contributed by atoms with van der Waals surface area (Å²) >= 11 is 0.